The smallest absolute Gasteiger partial charge is 0.449 e. The van der Waals surface area contributed by atoms with E-state index in [0.717, 1.165) is 5.56 Å². The van der Waals surface area contributed by atoms with Gasteiger partial charge in [0, 0.05) is 32.7 Å². The number of hydrogen-bond donors (Lipinski definition) is 1. The molecule has 0 aliphatic rings. The number of rotatable bonds is 4. The molecule has 10 heteroatoms. The van der Waals surface area contributed by atoms with Crippen LogP contribution in [0, 0.1) is 0 Å². The van der Waals surface area contributed by atoms with E-state index < -0.39 is 6.16 Å². The standard InChI is InChI=1S/C22H10Cl5NO3S/c23-12-7-14(20(27)17(26)8-12)13-3-1-11(6-19(13)31-22(29)30)21-28-18(9-32-21)10-2-4-15(24)16(25)5-10/h1-9H,(H,29,30). The number of thiazole rings is 1. The van der Waals surface area contributed by atoms with Crippen molar-refractivity contribution in [2.45, 2.75) is 0 Å². The predicted molar refractivity (Wildman–Crippen MR) is 132 cm³/mol. The molecular formula is C22H10Cl5NO3S. The Kier molecular flexibility index (Phi) is 6.86. The minimum Gasteiger partial charge on any atom is -0.449 e. The number of carboxylic acid groups (broad SMARTS) is 1. The van der Waals surface area contributed by atoms with Gasteiger partial charge in [-0.1, -0.05) is 70.1 Å². The molecule has 0 spiro atoms. The van der Waals surface area contributed by atoms with Crippen LogP contribution in [0.1, 0.15) is 0 Å². The maximum absolute atomic E-state index is 11.3. The lowest BCUT2D eigenvalue weighted by molar-refractivity contribution is 0.144. The summed E-state index contributed by atoms with van der Waals surface area (Å²) in [7, 11) is 0. The second-order valence-corrected chi connectivity index (χ2v) is 9.39. The number of carbonyl (C=O) groups is 1. The predicted octanol–water partition coefficient (Wildman–Crippen LogP) is 9.47. The lowest BCUT2D eigenvalue weighted by Gasteiger charge is -2.12. The van der Waals surface area contributed by atoms with Gasteiger partial charge in [-0.25, -0.2) is 9.78 Å². The molecule has 32 heavy (non-hydrogen) atoms. The highest BCUT2D eigenvalue weighted by Gasteiger charge is 2.18. The first-order valence-corrected chi connectivity index (χ1v) is 11.6. The molecule has 0 fully saturated rings. The van der Waals surface area contributed by atoms with E-state index in [1.54, 1.807) is 36.4 Å². The normalized spacial score (nSPS) is 10.9. The molecule has 0 unspecified atom stereocenters. The first-order chi connectivity index (χ1) is 15.2. The maximum Gasteiger partial charge on any atom is 0.511 e. The van der Waals surface area contributed by atoms with Gasteiger partial charge in [0.2, 0.25) is 0 Å². The van der Waals surface area contributed by atoms with E-state index in [0.29, 0.717) is 42.5 Å². The zero-order valence-corrected chi connectivity index (χ0v) is 20.3. The van der Waals surface area contributed by atoms with E-state index in [4.69, 9.17) is 62.7 Å². The third-order valence-electron chi connectivity index (χ3n) is 4.43. The van der Waals surface area contributed by atoms with E-state index in [9.17, 15) is 9.90 Å². The fourth-order valence-corrected chi connectivity index (χ4v) is 4.83. The van der Waals surface area contributed by atoms with Crippen molar-refractivity contribution in [3.05, 3.63) is 79.0 Å². The summed E-state index contributed by atoms with van der Waals surface area (Å²) in [6.07, 6.45) is -1.47. The number of benzene rings is 3. The number of aromatic nitrogens is 1. The van der Waals surface area contributed by atoms with Gasteiger partial charge in [-0.2, -0.15) is 0 Å². The molecule has 0 saturated heterocycles. The van der Waals surface area contributed by atoms with E-state index in [2.05, 4.69) is 4.98 Å². The van der Waals surface area contributed by atoms with Crippen LogP contribution in [0.5, 0.6) is 5.75 Å². The van der Waals surface area contributed by atoms with Gasteiger partial charge >= 0.3 is 6.16 Å². The van der Waals surface area contributed by atoms with Gasteiger partial charge in [0.05, 0.1) is 25.8 Å². The fourth-order valence-electron chi connectivity index (χ4n) is 3.00. The first kappa shape index (κ1) is 23.2. The molecule has 0 amide bonds. The van der Waals surface area contributed by atoms with Gasteiger partial charge < -0.3 is 9.84 Å². The van der Waals surface area contributed by atoms with Crippen LogP contribution in [-0.2, 0) is 0 Å². The van der Waals surface area contributed by atoms with Crippen molar-refractivity contribution in [2.24, 2.45) is 0 Å². The Balaban J connectivity index is 1.78. The fraction of sp³-hybridized carbons (Fsp3) is 0. The SMILES string of the molecule is O=C(O)Oc1cc(-c2nc(-c3ccc(Cl)c(Cl)c3)cs2)ccc1-c1cc(Cl)cc(Cl)c1Cl. The highest BCUT2D eigenvalue weighted by Crippen LogP contribution is 2.42. The third-order valence-corrected chi connectivity index (χ3v) is 7.08. The lowest BCUT2D eigenvalue weighted by Crippen LogP contribution is -2.04. The molecule has 4 nitrogen and oxygen atoms in total. The molecule has 0 aliphatic heterocycles. The maximum atomic E-state index is 11.3. The van der Waals surface area contributed by atoms with Crippen molar-refractivity contribution >= 4 is 75.5 Å². The van der Waals surface area contributed by atoms with E-state index in [-0.39, 0.29) is 15.8 Å². The third kappa shape index (κ3) is 4.84. The summed E-state index contributed by atoms with van der Waals surface area (Å²) in [5.41, 5.74) is 3.04. The molecule has 1 heterocycles. The van der Waals surface area contributed by atoms with Crippen LogP contribution < -0.4 is 4.74 Å². The molecule has 1 N–H and O–H groups in total. The molecule has 162 valence electrons. The molecule has 3 aromatic carbocycles. The molecule has 0 saturated carbocycles. The van der Waals surface area contributed by atoms with Gasteiger partial charge in [0.1, 0.15) is 10.8 Å². The molecule has 0 bridgehead atoms. The first-order valence-electron chi connectivity index (χ1n) is 8.84. The van der Waals surface area contributed by atoms with Crippen molar-refractivity contribution in [2.75, 3.05) is 0 Å². The van der Waals surface area contributed by atoms with Gasteiger partial charge in [-0.3, -0.25) is 0 Å². The molecule has 1 aromatic heterocycles. The summed E-state index contributed by atoms with van der Waals surface area (Å²) in [6.45, 7) is 0. The molecule has 0 atom stereocenters. The van der Waals surface area contributed by atoms with Crippen molar-refractivity contribution in [3.63, 3.8) is 0 Å². The van der Waals surface area contributed by atoms with Crippen LogP contribution in [0.4, 0.5) is 4.79 Å². The second kappa shape index (κ2) is 9.48. The highest BCUT2D eigenvalue weighted by atomic mass is 35.5. The van der Waals surface area contributed by atoms with E-state index in [1.165, 1.54) is 17.4 Å². The van der Waals surface area contributed by atoms with Crippen LogP contribution in [0.3, 0.4) is 0 Å². The number of halogens is 5. The van der Waals surface area contributed by atoms with Crippen LogP contribution in [-0.4, -0.2) is 16.2 Å². The van der Waals surface area contributed by atoms with Gasteiger partial charge in [-0.15, -0.1) is 11.3 Å². The van der Waals surface area contributed by atoms with E-state index >= 15 is 0 Å². The molecule has 4 rings (SSSR count). The van der Waals surface area contributed by atoms with Crippen LogP contribution in [0.25, 0.3) is 33.0 Å². The van der Waals surface area contributed by atoms with Crippen LogP contribution >= 0.6 is 69.3 Å². The lowest BCUT2D eigenvalue weighted by atomic mass is 10.0. The van der Waals surface area contributed by atoms with Crippen molar-refractivity contribution in [1.82, 2.24) is 4.98 Å². The van der Waals surface area contributed by atoms with Crippen LogP contribution in [0.15, 0.2) is 53.9 Å². The van der Waals surface area contributed by atoms with Crippen molar-refractivity contribution < 1.29 is 14.6 Å². The van der Waals surface area contributed by atoms with Gasteiger partial charge in [0.25, 0.3) is 0 Å². The number of hydrogen-bond acceptors (Lipinski definition) is 4. The monoisotopic (exact) mass is 543 g/mol. The zero-order chi connectivity index (χ0) is 23.0. The van der Waals surface area contributed by atoms with Crippen molar-refractivity contribution in [3.8, 4) is 38.7 Å². The molecule has 0 radical (unpaired) electrons. The Morgan fingerprint density at radius 3 is 2.31 bits per heavy atom. The van der Waals surface area contributed by atoms with Crippen LogP contribution in [0.2, 0.25) is 25.1 Å². The number of nitrogens with zero attached hydrogens (tertiary/aromatic N) is 1. The molecule has 4 aromatic rings. The Bertz CT molecular complexity index is 1360. The summed E-state index contributed by atoms with van der Waals surface area (Å²) in [6, 6.07) is 13.4. The minimum atomic E-state index is -1.47. The minimum absolute atomic E-state index is 0.0709. The van der Waals surface area contributed by atoms with Crippen molar-refractivity contribution in [1.29, 1.82) is 0 Å². The Morgan fingerprint density at radius 2 is 1.59 bits per heavy atom. The second-order valence-electron chi connectivity index (χ2n) is 6.49. The topological polar surface area (TPSA) is 59.4 Å². The van der Waals surface area contributed by atoms with E-state index in [1.807, 2.05) is 11.4 Å². The Labute approximate surface area is 211 Å². The molecule has 0 aliphatic carbocycles. The summed E-state index contributed by atoms with van der Waals surface area (Å²) in [5, 5.41) is 13.5. The Morgan fingerprint density at radius 1 is 0.844 bits per heavy atom. The quantitative estimate of drug-likeness (QED) is 0.158. The molecular weight excluding hydrogens is 536 g/mol. The summed E-state index contributed by atoms with van der Waals surface area (Å²) in [4.78, 5) is 16.0. The number of ether oxygens (including phenoxy) is 1. The summed E-state index contributed by atoms with van der Waals surface area (Å²) >= 11 is 32.1. The average molecular weight is 546 g/mol. The Hall–Kier alpha value is -1.99. The average Bonchev–Trinajstić information content (AvgIpc) is 3.23. The van der Waals surface area contributed by atoms with Gasteiger partial charge in [0.15, 0.2) is 0 Å². The van der Waals surface area contributed by atoms with Gasteiger partial charge in [-0.05, 0) is 36.4 Å². The largest absolute Gasteiger partial charge is 0.511 e. The summed E-state index contributed by atoms with van der Waals surface area (Å²) < 4.78 is 5.03. The zero-order valence-electron chi connectivity index (χ0n) is 15.7. The summed E-state index contributed by atoms with van der Waals surface area (Å²) in [5.74, 6) is 0.0709. The highest BCUT2D eigenvalue weighted by molar-refractivity contribution is 7.13.